The van der Waals surface area contributed by atoms with Gasteiger partial charge in [0.25, 0.3) is 0 Å². The van der Waals surface area contributed by atoms with Crippen LogP contribution in [0.25, 0.3) is 0 Å². The summed E-state index contributed by atoms with van der Waals surface area (Å²) >= 11 is 0. The van der Waals surface area contributed by atoms with Gasteiger partial charge in [0.2, 0.25) is 0 Å². The maximum atomic E-state index is 9.65. The molecule has 0 saturated carbocycles. The van der Waals surface area contributed by atoms with Crippen LogP contribution in [0.15, 0.2) is 18.2 Å². The molecule has 174 valence electrons. The lowest BCUT2D eigenvalue weighted by atomic mass is 9.83. The molecule has 0 aliphatic heterocycles. The van der Waals surface area contributed by atoms with E-state index in [9.17, 15) is 5.11 Å². The molecule has 0 spiro atoms. The maximum Gasteiger partial charge on any atom is 0.161 e. The number of nitrogens with two attached hydrogens (primary N) is 1. The molecule has 3 N–H and O–H groups in total. The van der Waals surface area contributed by atoms with Gasteiger partial charge in [-0.2, -0.15) is 0 Å². The maximum absolute atomic E-state index is 9.65. The van der Waals surface area contributed by atoms with Gasteiger partial charge in [-0.05, 0) is 61.1 Å². The summed E-state index contributed by atoms with van der Waals surface area (Å²) in [6, 6.07) is 6.10. The van der Waals surface area contributed by atoms with Crippen molar-refractivity contribution in [3.63, 3.8) is 0 Å². The summed E-state index contributed by atoms with van der Waals surface area (Å²) in [6.07, 6.45) is 9.12. The molecular formula is C26H47NO3. The highest BCUT2D eigenvalue weighted by molar-refractivity contribution is 5.43. The van der Waals surface area contributed by atoms with Crippen LogP contribution in [0.4, 0.5) is 0 Å². The molecule has 1 unspecified atom stereocenters. The molecule has 0 bridgehead atoms. The Labute approximate surface area is 185 Å². The van der Waals surface area contributed by atoms with Gasteiger partial charge < -0.3 is 20.3 Å². The van der Waals surface area contributed by atoms with Crippen molar-refractivity contribution in [1.82, 2.24) is 0 Å². The SMILES string of the molecule is COc1cc(CC[C@@](N)(CO)C(C)C)ccc1OCCCCC(C)CCCC(C)C. The van der Waals surface area contributed by atoms with Crippen molar-refractivity contribution in [2.75, 3.05) is 20.3 Å². The zero-order chi connectivity index (χ0) is 22.6. The second kappa shape index (κ2) is 13.9. The Kier molecular flexibility index (Phi) is 12.4. The molecule has 0 aliphatic rings. The number of rotatable bonds is 16. The van der Waals surface area contributed by atoms with Gasteiger partial charge >= 0.3 is 0 Å². The van der Waals surface area contributed by atoms with Gasteiger partial charge in [-0.25, -0.2) is 0 Å². The molecule has 1 aromatic rings. The van der Waals surface area contributed by atoms with Crippen molar-refractivity contribution in [2.45, 2.75) is 91.5 Å². The first-order valence-corrected chi connectivity index (χ1v) is 11.9. The predicted octanol–water partition coefficient (Wildman–Crippen LogP) is 5.99. The lowest BCUT2D eigenvalue weighted by Gasteiger charge is -2.31. The Morgan fingerprint density at radius 1 is 0.967 bits per heavy atom. The first kappa shape index (κ1) is 26.8. The third-order valence-corrected chi connectivity index (χ3v) is 6.38. The second-order valence-corrected chi connectivity index (χ2v) is 9.81. The largest absolute Gasteiger partial charge is 0.493 e. The summed E-state index contributed by atoms with van der Waals surface area (Å²) in [6.45, 7) is 11.8. The smallest absolute Gasteiger partial charge is 0.161 e. The molecule has 30 heavy (non-hydrogen) atoms. The van der Waals surface area contributed by atoms with E-state index < -0.39 is 5.54 Å². The van der Waals surface area contributed by atoms with Crippen molar-refractivity contribution < 1.29 is 14.6 Å². The van der Waals surface area contributed by atoms with Gasteiger partial charge in [-0.15, -0.1) is 0 Å². The fourth-order valence-corrected chi connectivity index (χ4v) is 3.71. The number of unbranched alkanes of at least 4 members (excludes halogenated alkanes) is 1. The number of hydrogen-bond donors (Lipinski definition) is 2. The van der Waals surface area contributed by atoms with E-state index >= 15 is 0 Å². The number of aliphatic hydroxyl groups excluding tert-OH is 1. The molecule has 4 heteroatoms. The lowest BCUT2D eigenvalue weighted by molar-refractivity contribution is 0.146. The van der Waals surface area contributed by atoms with Crippen LogP contribution >= 0.6 is 0 Å². The highest BCUT2D eigenvalue weighted by Crippen LogP contribution is 2.30. The highest BCUT2D eigenvalue weighted by Gasteiger charge is 2.27. The number of hydrogen-bond acceptors (Lipinski definition) is 4. The van der Waals surface area contributed by atoms with Crippen LogP contribution < -0.4 is 15.2 Å². The van der Waals surface area contributed by atoms with Crippen LogP contribution in [-0.4, -0.2) is 31.0 Å². The highest BCUT2D eigenvalue weighted by atomic mass is 16.5. The number of benzene rings is 1. The van der Waals surface area contributed by atoms with E-state index in [1.807, 2.05) is 12.1 Å². The van der Waals surface area contributed by atoms with E-state index in [-0.39, 0.29) is 12.5 Å². The van der Waals surface area contributed by atoms with Gasteiger partial charge in [-0.3, -0.25) is 0 Å². The third-order valence-electron chi connectivity index (χ3n) is 6.38. The zero-order valence-electron chi connectivity index (χ0n) is 20.4. The van der Waals surface area contributed by atoms with E-state index in [0.717, 1.165) is 54.8 Å². The van der Waals surface area contributed by atoms with Crippen molar-refractivity contribution in [2.24, 2.45) is 23.5 Å². The average Bonchev–Trinajstić information content (AvgIpc) is 2.71. The first-order chi connectivity index (χ1) is 14.2. The normalized spacial score (nSPS) is 14.7. The van der Waals surface area contributed by atoms with Crippen LogP contribution in [0.5, 0.6) is 11.5 Å². The zero-order valence-corrected chi connectivity index (χ0v) is 20.4. The van der Waals surface area contributed by atoms with Crippen LogP contribution in [0.2, 0.25) is 0 Å². The monoisotopic (exact) mass is 421 g/mol. The van der Waals surface area contributed by atoms with E-state index in [0.29, 0.717) is 0 Å². The fraction of sp³-hybridized carbons (Fsp3) is 0.769. The number of methoxy groups -OCH3 is 1. The van der Waals surface area contributed by atoms with Gasteiger partial charge in [0.15, 0.2) is 11.5 Å². The number of aliphatic hydroxyl groups is 1. The standard InChI is InChI=1S/C26H47NO3/c1-20(2)10-9-12-22(5)11-7-8-17-30-24-14-13-23(18-25(24)29-6)15-16-26(27,19-28)21(3)4/h13-14,18,20-22,28H,7-12,15-17,19,27H2,1-6H3/t22?,26-/m1/s1. The van der Waals surface area contributed by atoms with E-state index in [4.69, 9.17) is 15.2 Å². The molecule has 0 heterocycles. The quantitative estimate of drug-likeness (QED) is 0.322. The first-order valence-electron chi connectivity index (χ1n) is 11.9. The molecule has 0 radical (unpaired) electrons. The molecule has 1 rings (SSSR count). The summed E-state index contributed by atoms with van der Waals surface area (Å²) < 4.78 is 11.5. The van der Waals surface area contributed by atoms with E-state index in [1.165, 1.54) is 32.1 Å². The molecule has 0 aromatic heterocycles. The minimum absolute atomic E-state index is 0.000655. The predicted molar refractivity (Wildman–Crippen MR) is 127 cm³/mol. The van der Waals surface area contributed by atoms with Gasteiger partial charge in [0.05, 0.1) is 20.3 Å². The van der Waals surface area contributed by atoms with Crippen LogP contribution in [0.1, 0.15) is 85.1 Å². The Bertz CT molecular complexity index is 588. The van der Waals surface area contributed by atoms with Crippen LogP contribution in [-0.2, 0) is 6.42 Å². The summed E-state index contributed by atoms with van der Waals surface area (Å²) in [5, 5.41) is 9.65. The van der Waals surface area contributed by atoms with Crippen molar-refractivity contribution >= 4 is 0 Å². The topological polar surface area (TPSA) is 64.7 Å². The van der Waals surface area contributed by atoms with Crippen LogP contribution in [0, 0.1) is 17.8 Å². The Hall–Kier alpha value is -1.26. The van der Waals surface area contributed by atoms with Crippen molar-refractivity contribution in [3.8, 4) is 11.5 Å². The van der Waals surface area contributed by atoms with Gasteiger partial charge in [0.1, 0.15) is 0 Å². The van der Waals surface area contributed by atoms with E-state index in [2.05, 4.69) is 40.7 Å². The number of ether oxygens (including phenoxy) is 2. The molecule has 4 nitrogen and oxygen atoms in total. The molecule has 0 fully saturated rings. The minimum atomic E-state index is -0.547. The summed E-state index contributed by atoms with van der Waals surface area (Å²) in [5.41, 5.74) is 6.94. The van der Waals surface area contributed by atoms with Crippen molar-refractivity contribution in [3.05, 3.63) is 23.8 Å². The average molecular weight is 422 g/mol. The summed E-state index contributed by atoms with van der Waals surface area (Å²) in [4.78, 5) is 0. The van der Waals surface area contributed by atoms with Gasteiger partial charge in [0, 0.05) is 5.54 Å². The molecule has 2 atom stereocenters. The molecule has 1 aromatic carbocycles. The lowest BCUT2D eigenvalue weighted by Crippen LogP contribution is -2.48. The number of aryl methyl sites for hydroxylation is 1. The summed E-state index contributed by atoms with van der Waals surface area (Å²) in [5.74, 6) is 3.42. The molecule has 0 saturated heterocycles. The Morgan fingerprint density at radius 3 is 2.27 bits per heavy atom. The van der Waals surface area contributed by atoms with Crippen LogP contribution in [0.3, 0.4) is 0 Å². The Balaban J connectivity index is 2.41. The Morgan fingerprint density at radius 2 is 1.67 bits per heavy atom. The van der Waals surface area contributed by atoms with Crippen molar-refractivity contribution in [1.29, 1.82) is 0 Å². The van der Waals surface area contributed by atoms with Gasteiger partial charge in [-0.1, -0.05) is 66.4 Å². The molecule has 0 amide bonds. The molecule has 0 aliphatic carbocycles. The second-order valence-electron chi connectivity index (χ2n) is 9.81. The fourth-order valence-electron chi connectivity index (χ4n) is 3.71. The minimum Gasteiger partial charge on any atom is -0.493 e. The van der Waals surface area contributed by atoms with E-state index in [1.54, 1.807) is 7.11 Å². The molecular weight excluding hydrogens is 374 g/mol. The summed E-state index contributed by atoms with van der Waals surface area (Å²) in [7, 11) is 1.68. The third kappa shape index (κ3) is 9.70.